The normalized spacial score (nSPS) is 13.3. The smallest absolute Gasteiger partial charge is 0.272 e. The standard InChI is InChI=1S/C8H18O3S/c1-5-8(6-2,7-3)12(9,10)11-4/h5-7H2,1-4H3. The van der Waals surface area contributed by atoms with Crippen LogP contribution in [0, 0.1) is 0 Å². The molecule has 0 unspecified atom stereocenters. The lowest BCUT2D eigenvalue weighted by atomic mass is 9.99. The van der Waals surface area contributed by atoms with Crippen molar-refractivity contribution in [3.05, 3.63) is 0 Å². The summed E-state index contributed by atoms with van der Waals surface area (Å²) in [4.78, 5) is 0. The van der Waals surface area contributed by atoms with Crippen LogP contribution in [0.25, 0.3) is 0 Å². The van der Waals surface area contributed by atoms with E-state index in [4.69, 9.17) is 0 Å². The van der Waals surface area contributed by atoms with Gasteiger partial charge in [0, 0.05) is 0 Å². The molecule has 74 valence electrons. The van der Waals surface area contributed by atoms with E-state index in [0.29, 0.717) is 19.3 Å². The molecule has 0 aromatic heterocycles. The van der Waals surface area contributed by atoms with E-state index < -0.39 is 14.9 Å². The molecule has 0 bridgehead atoms. The quantitative estimate of drug-likeness (QED) is 0.628. The van der Waals surface area contributed by atoms with Crippen molar-refractivity contribution in [3.63, 3.8) is 0 Å². The first-order valence-electron chi connectivity index (χ1n) is 4.29. The van der Waals surface area contributed by atoms with Crippen molar-refractivity contribution in [2.75, 3.05) is 7.11 Å². The topological polar surface area (TPSA) is 43.4 Å². The number of hydrogen-bond acceptors (Lipinski definition) is 3. The zero-order valence-electron chi connectivity index (χ0n) is 8.25. The second kappa shape index (κ2) is 4.23. The fourth-order valence-electron chi connectivity index (χ4n) is 1.46. The third kappa shape index (κ3) is 1.80. The average molecular weight is 194 g/mol. The number of rotatable bonds is 5. The lowest BCUT2D eigenvalue weighted by Crippen LogP contribution is -2.37. The van der Waals surface area contributed by atoms with E-state index in [-0.39, 0.29) is 0 Å². The van der Waals surface area contributed by atoms with Gasteiger partial charge in [-0.05, 0) is 19.3 Å². The van der Waals surface area contributed by atoms with Gasteiger partial charge in [0.05, 0.1) is 11.9 Å². The summed E-state index contributed by atoms with van der Waals surface area (Å²) in [5.41, 5.74) is 0. The molecule has 12 heavy (non-hydrogen) atoms. The van der Waals surface area contributed by atoms with Gasteiger partial charge < -0.3 is 0 Å². The molecule has 0 rings (SSSR count). The molecule has 0 amide bonds. The highest BCUT2D eigenvalue weighted by molar-refractivity contribution is 7.88. The summed E-state index contributed by atoms with van der Waals surface area (Å²) in [6.45, 7) is 5.64. The van der Waals surface area contributed by atoms with Gasteiger partial charge in [-0.3, -0.25) is 4.18 Å². The van der Waals surface area contributed by atoms with Crippen molar-refractivity contribution in [2.45, 2.75) is 44.8 Å². The van der Waals surface area contributed by atoms with Crippen molar-refractivity contribution < 1.29 is 12.6 Å². The molecule has 0 saturated heterocycles. The molecule has 4 heteroatoms. The van der Waals surface area contributed by atoms with Crippen molar-refractivity contribution in [1.29, 1.82) is 0 Å². The molecule has 0 aromatic rings. The van der Waals surface area contributed by atoms with Crippen LogP contribution in [0.15, 0.2) is 0 Å². The van der Waals surface area contributed by atoms with Gasteiger partial charge in [-0.15, -0.1) is 0 Å². The maximum atomic E-state index is 11.5. The van der Waals surface area contributed by atoms with Gasteiger partial charge in [0.25, 0.3) is 10.1 Å². The minimum Gasteiger partial charge on any atom is -0.273 e. The monoisotopic (exact) mass is 194 g/mol. The maximum absolute atomic E-state index is 11.5. The summed E-state index contributed by atoms with van der Waals surface area (Å²) in [6.07, 6.45) is 1.82. The minimum atomic E-state index is -3.37. The van der Waals surface area contributed by atoms with Gasteiger partial charge in [-0.25, -0.2) is 0 Å². The highest BCUT2D eigenvalue weighted by Gasteiger charge is 2.39. The highest BCUT2D eigenvalue weighted by atomic mass is 32.2. The summed E-state index contributed by atoms with van der Waals surface area (Å²) in [7, 11) is -2.14. The Hall–Kier alpha value is -0.0900. The molecule has 0 spiro atoms. The molecule has 0 aliphatic rings. The van der Waals surface area contributed by atoms with Gasteiger partial charge in [0.1, 0.15) is 0 Å². The van der Waals surface area contributed by atoms with Gasteiger partial charge in [0.2, 0.25) is 0 Å². The fraction of sp³-hybridized carbons (Fsp3) is 1.00. The van der Waals surface area contributed by atoms with Crippen LogP contribution in [0.4, 0.5) is 0 Å². The minimum absolute atomic E-state index is 0.607. The lowest BCUT2D eigenvalue weighted by molar-refractivity contribution is 0.346. The van der Waals surface area contributed by atoms with Gasteiger partial charge in [-0.1, -0.05) is 20.8 Å². The van der Waals surface area contributed by atoms with Gasteiger partial charge in [0.15, 0.2) is 0 Å². The first-order chi connectivity index (χ1) is 5.49. The molecule has 0 aliphatic heterocycles. The Bertz CT molecular complexity index is 206. The third-order valence-corrected chi connectivity index (χ3v) is 5.05. The zero-order chi connectivity index (χ0) is 9.83. The van der Waals surface area contributed by atoms with Crippen LogP contribution < -0.4 is 0 Å². The second-order valence-corrected chi connectivity index (χ2v) is 4.97. The van der Waals surface area contributed by atoms with Crippen LogP contribution in [-0.4, -0.2) is 20.3 Å². The van der Waals surface area contributed by atoms with Crippen LogP contribution in [0.5, 0.6) is 0 Å². The maximum Gasteiger partial charge on any atom is 0.272 e. The molecule has 0 N–H and O–H groups in total. The van der Waals surface area contributed by atoms with Crippen LogP contribution in [0.3, 0.4) is 0 Å². The van der Waals surface area contributed by atoms with E-state index in [1.807, 2.05) is 20.8 Å². The molecule has 0 heterocycles. The Labute approximate surface area is 75.2 Å². The van der Waals surface area contributed by atoms with Crippen LogP contribution in [0.2, 0.25) is 0 Å². The summed E-state index contributed by atoms with van der Waals surface area (Å²) < 4.78 is 26.9. The first kappa shape index (κ1) is 11.9. The summed E-state index contributed by atoms with van der Waals surface area (Å²) in [5.74, 6) is 0. The Morgan fingerprint density at radius 3 is 1.50 bits per heavy atom. The molecular formula is C8H18O3S. The molecule has 0 radical (unpaired) electrons. The van der Waals surface area contributed by atoms with Crippen molar-refractivity contribution in [1.82, 2.24) is 0 Å². The van der Waals surface area contributed by atoms with Crippen molar-refractivity contribution >= 4 is 10.1 Å². The van der Waals surface area contributed by atoms with E-state index in [1.165, 1.54) is 7.11 Å². The predicted octanol–water partition coefficient (Wildman–Crippen LogP) is 1.93. The predicted molar refractivity (Wildman–Crippen MR) is 49.5 cm³/mol. The van der Waals surface area contributed by atoms with Gasteiger partial charge in [-0.2, -0.15) is 8.42 Å². The lowest BCUT2D eigenvalue weighted by Gasteiger charge is -2.28. The highest BCUT2D eigenvalue weighted by Crippen LogP contribution is 2.30. The number of hydrogen-bond donors (Lipinski definition) is 0. The van der Waals surface area contributed by atoms with E-state index in [9.17, 15) is 8.42 Å². The fourth-order valence-corrected chi connectivity index (χ4v) is 2.87. The van der Waals surface area contributed by atoms with E-state index in [1.54, 1.807) is 0 Å². The summed E-state index contributed by atoms with van der Waals surface area (Å²) >= 11 is 0. The Morgan fingerprint density at radius 1 is 1.08 bits per heavy atom. The third-order valence-electron chi connectivity index (χ3n) is 2.68. The van der Waals surface area contributed by atoms with Crippen LogP contribution in [0.1, 0.15) is 40.0 Å². The zero-order valence-corrected chi connectivity index (χ0v) is 9.07. The molecular weight excluding hydrogens is 176 g/mol. The summed E-state index contributed by atoms with van der Waals surface area (Å²) in [6, 6.07) is 0. The van der Waals surface area contributed by atoms with E-state index in [2.05, 4.69) is 4.18 Å². The largest absolute Gasteiger partial charge is 0.273 e. The van der Waals surface area contributed by atoms with E-state index >= 15 is 0 Å². The second-order valence-electron chi connectivity index (χ2n) is 2.86. The van der Waals surface area contributed by atoms with Gasteiger partial charge >= 0.3 is 0 Å². The Morgan fingerprint density at radius 2 is 1.42 bits per heavy atom. The Kier molecular flexibility index (Phi) is 4.20. The van der Waals surface area contributed by atoms with Crippen LogP contribution >= 0.6 is 0 Å². The van der Waals surface area contributed by atoms with Crippen molar-refractivity contribution in [2.24, 2.45) is 0 Å². The van der Waals surface area contributed by atoms with Crippen LogP contribution in [-0.2, 0) is 14.3 Å². The van der Waals surface area contributed by atoms with E-state index in [0.717, 1.165) is 0 Å². The molecule has 3 nitrogen and oxygen atoms in total. The molecule has 0 aromatic carbocycles. The first-order valence-corrected chi connectivity index (χ1v) is 5.70. The molecule has 0 aliphatic carbocycles. The molecule has 0 fully saturated rings. The average Bonchev–Trinajstić information content (AvgIpc) is 2.08. The Balaban J connectivity index is 4.97. The van der Waals surface area contributed by atoms with Crippen molar-refractivity contribution in [3.8, 4) is 0 Å². The molecule has 0 atom stereocenters. The SMILES string of the molecule is CCC(CC)(CC)S(=O)(=O)OC. The molecule has 0 saturated carbocycles. The summed E-state index contributed by atoms with van der Waals surface area (Å²) in [5, 5.41) is 0.